The summed E-state index contributed by atoms with van der Waals surface area (Å²) in [5, 5.41) is 9.11. The number of thioether (sulfide) groups is 1. The van der Waals surface area contributed by atoms with Crippen molar-refractivity contribution in [2.24, 2.45) is 0 Å². The lowest BCUT2D eigenvalue weighted by molar-refractivity contribution is 0.409. The highest BCUT2D eigenvalue weighted by Crippen LogP contribution is 2.37. The molecule has 4 heteroatoms. The first kappa shape index (κ1) is 12.2. The van der Waals surface area contributed by atoms with Gasteiger partial charge in [-0.2, -0.15) is 5.26 Å². The number of aryl methyl sites for hydroxylation is 1. The van der Waals surface area contributed by atoms with E-state index in [9.17, 15) is 0 Å². The van der Waals surface area contributed by atoms with E-state index in [1.807, 2.05) is 12.1 Å². The van der Waals surface area contributed by atoms with Gasteiger partial charge >= 0.3 is 0 Å². The van der Waals surface area contributed by atoms with E-state index in [4.69, 9.17) is 21.6 Å². The van der Waals surface area contributed by atoms with E-state index in [0.717, 1.165) is 22.6 Å². The van der Waals surface area contributed by atoms with Gasteiger partial charge in [0, 0.05) is 4.90 Å². The fourth-order valence-corrected chi connectivity index (χ4v) is 2.33. The summed E-state index contributed by atoms with van der Waals surface area (Å²) in [5.74, 6) is 1.12. The largest absolute Gasteiger partial charge is 0.495 e. The number of rotatable bonds is 4. The van der Waals surface area contributed by atoms with Crippen LogP contribution in [0.15, 0.2) is 17.0 Å². The third-order valence-corrected chi connectivity index (χ3v) is 3.43. The SMILES string of the molecule is CCc1ccc(SCC#N)c(Cl)c1OC. The van der Waals surface area contributed by atoms with Gasteiger partial charge in [0.1, 0.15) is 5.75 Å². The normalized spacial score (nSPS) is 9.73. The summed E-state index contributed by atoms with van der Waals surface area (Å²) in [4.78, 5) is 0.896. The average molecular weight is 242 g/mol. The maximum atomic E-state index is 8.50. The second-order valence-electron chi connectivity index (χ2n) is 2.87. The maximum absolute atomic E-state index is 8.50. The Bertz CT molecular complexity index is 387. The zero-order chi connectivity index (χ0) is 11.3. The lowest BCUT2D eigenvalue weighted by Gasteiger charge is -2.11. The molecule has 0 heterocycles. The van der Waals surface area contributed by atoms with Crippen LogP contribution >= 0.6 is 23.4 Å². The molecule has 0 N–H and O–H groups in total. The molecular weight excluding hydrogens is 230 g/mol. The van der Waals surface area contributed by atoms with Crippen LogP contribution in [0.3, 0.4) is 0 Å². The fraction of sp³-hybridized carbons (Fsp3) is 0.364. The minimum absolute atomic E-state index is 0.397. The molecule has 0 aliphatic heterocycles. The van der Waals surface area contributed by atoms with E-state index >= 15 is 0 Å². The highest BCUT2D eigenvalue weighted by Gasteiger charge is 2.11. The number of methoxy groups -OCH3 is 1. The molecular formula is C11H12ClNOS. The smallest absolute Gasteiger partial charge is 0.141 e. The molecule has 0 amide bonds. The van der Waals surface area contributed by atoms with Crippen molar-refractivity contribution in [2.75, 3.05) is 12.9 Å². The minimum Gasteiger partial charge on any atom is -0.495 e. The third kappa shape index (κ3) is 2.80. The van der Waals surface area contributed by atoms with E-state index in [-0.39, 0.29) is 0 Å². The van der Waals surface area contributed by atoms with Gasteiger partial charge in [0.05, 0.1) is 24.0 Å². The van der Waals surface area contributed by atoms with Gasteiger partial charge in [-0.15, -0.1) is 11.8 Å². The Kier molecular flexibility index (Phi) is 4.80. The summed E-state index contributed by atoms with van der Waals surface area (Å²) in [6.07, 6.45) is 0.881. The molecule has 0 atom stereocenters. The summed E-state index contributed by atoms with van der Waals surface area (Å²) in [7, 11) is 1.61. The Hall–Kier alpha value is -0.850. The molecule has 80 valence electrons. The van der Waals surface area contributed by atoms with Crippen molar-refractivity contribution in [1.29, 1.82) is 5.26 Å². The van der Waals surface area contributed by atoms with Gasteiger partial charge in [0.15, 0.2) is 0 Å². The van der Waals surface area contributed by atoms with Crippen LogP contribution in [-0.4, -0.2) is 12.9 Å². The van der Waals surface area contributed by atoms with E-state index in [0.29, 0.717) is 10.8 Å². The molecule has 1 aromatic rings. The highest BCUT2D eigenvalue weighted by molar-refractivity contribution is 7.99. The number of nitriles is 1. The van der Waals surface area contributed by atoms with E-state index in [1.54, 1.807) is 7.11 Å². The van der Waals surface area contributed by atoms with Crippen molar-refractivity contribution in [2.45, 2.75) is 18.2 Å². The van der Waals surface area contributed by atoms with Crippen LogP contribution in [-0.2, 0) is 6.42 Å². The van der Waals surface area contributed by atoms with E-state index in [2.05, 4.69) is 13.0 Å². The molecule has 0 unspecified atom stereocenters. The van der Waals surface area contributed by atoms with Crippen molar-refractivity contribution in [3.63, 3.8) is 0 Å². The molecule has 15 heavy (non-hydrogen) atoms. The third-order valence-electron chi connectivity index (χ3n) is 2.02. The molecule has 0 fully saturated rings. The number of ether oxygens (including phenoxy) is 1. The zero-order valence-corrected chi connectivity index (χ0v) is 10.3. The Morgan fingerprint density at radius 3 is 2.80 bits per heavy atom. The van der Waals surface area contributed by atoms with Crippen LogP contribution in [0.2, 0.25) is 5.02 Å². The van der Waals surface area contributed by atoms with E-state index < -0.39 is 0 Å². The molecule has 0 radical (unpaired) electrons. The Labute approximate surface area is 99.2 Å². The predicted octanol–water partition coefficient (Wildman–Crippen LogP) is 3.53. The first-order valence-corrected chi connectivity index (χ1v) is 5.96. The van der Waals surface area contributed by atoms with Crippen LogP contribution in [0.25, 0.3) is 0 Å². The molecule has 0 aliphatic carbocycles. The summed E-state index contributed by atoms with van der Waals surface area (Å²) in [6.45, 7) is 2.05. The number of hydrogen-bond donors (Lipinski definition) is 0. The van der Waals surface area contributed by atoms with Crippen LogP contribution in [0.1, 0.15) is 12.5 Å². The summed E-state index contributed by atoms with van der Waals surface area (Å²) in [5.41, 5.74) is 1.09. The predicted molar refractivity (Wildman–Crippen MR) is 63.7 cm³/mol. The van der Waals surface area contributed by atoms with Crippen LogP contribution < -0.4 is 4.74 Å². The van der Waals surface area contributed by atoms with Gasteiger partial charge in [0.2, 0.25) is 0 Å². The van der Waals surface area contributed by atoms with Crippen molar-refractivity contribution in [1.82, 2.24) is 0 Å². The second-order valence-corrected chi connectivity index (χ2v) is 4.27. The van der Waals surface area contributed by atoms with Gasteiger partial charge in [-0.05, 0) is 18.1 Å². The van der Waals surface area contributed by atoms with Gasteiger partial charge in [0.25, 0.3) is 0 Å². The van der Waals surface area contributed by atoms with Gasteiger partial charge in [-0.25, -0.2) is 0 Å². The lowest BCUT2D eigenvalue weighted by Crippen LogP contribution is -1.93. The Balaban J connectivity index is 3.06. The number of halogens is 1. The number of benzene rings is 1. The van der Waals surface area contributed by atoms with Crippen molar-refractivity contribution in [3.8, 4) is 11.8 Å². The molecule has 0 bridgehead atoms. The van der Waals surface area contributed by atoms with Gasteiger partial charge in [-0.3, -0.25) is 0 Å². The van der Waals surface area contributed by atoms with Crippen molar-refractivity contribution >= 4 is 23.4 Å². The standard InChI is InChI=1S/C11H12ClNOS/c1-3-8-4-5-9(15-7-6-13)10(12)11(8)14-2/h4-5H,3,7H2,1-2H3. The number of hydrogen-bond acceptors (Lipinski definition) is 3. The summed E-state index contributed by atoms with van der Waals surface area (Å²) < 4.78 is 5.26. The highest BCUT2D eigenvalue weighted by atomic mass is 35.5. The molecule has 1 rings (SSSR count). The molecule has 1 aromatic carbocycles. The average Bonchev–Trinajstić information content (AvgIpc) is 2.27. The minimum atomic E-state index is 0.397. The molecule has 0 aliphatic rings. The van der Waals surface area contributed by atoms with Crippen LogP contribution in [0.4, 0.5) is 0 Å². The molecule has 0 spiro atoms. The first-order valence-electron chi connectivity index (χ1n) is 4.59. The zero-order valence-electron chi connectivity index (χ0n) is 8.71. The quantitative estimate of drug-likeness (QED) is 0.756. The monoisotopic (exact) mass is 241 g/mol. The molecule has 2 nitrogen and oxygen atoms in total. The summed E-state index contributed by atoms with van der Waals surface area (Å²) >= 11 is 7.60. The molecule has 0 saturated carbocycles. The molecule has 0 aromatic heterocycles. The van der Waals surface area contributed by atoms with Crippen molar-refractivity contribution in [3.05, 3.63) is 22.7 Å². The van der Waals surface area contributed by atoms with Crippen molar-refractivity contribution < 1.29 is 4.74 Å². The molecule has 0 saturated heterocycles. The van der Waals surface area contributed by atoms with Gasteiger partial charge in [-0.1, -0.05) is 24.6 Å². The van der Waals surface area contributed by atoms with Crippen LogP contribution in [0, 0.1) is 11.3 Å². The Morgan fingerprint density at radius 1 is 1.53 bits per heavy atom. The fourth-order valence-electron chi connectivity index (χ4n) is 1.30. The first-order chi connectivity index (χ1) is 7.24. The van der Waals surface area contributed by atoms with E-state index in [1.165, 1.54) is 11.8 Å². The lowest BCUT2D eigenvalue weighted by atomic mass is 10.1. The van der Waals surface area contributed by atoms with Crippen LogP contribution in [0.5, 0.6) is 5.75 Å². The van der Waals surface area contributed by atoms with Gasteiger partial charge < -0.3 is 4.74 Å². The number of nitrogens with zero attached hydrogens (tertiary/aromatic N) is 1. The Morgan fingerprint density at radius 2 is 2.27 bits per heavy atom. The topological polar surface area (TPSA) is 33.0 Å². The summed E-state index contributed by atoms with van der Waals surface area (Å²) in [6, 6.07) is 6.00. The second kappa shape index (κ2) is 5.89. The maximum Gasteiger partial charge on any atom is 0.141 e.